The second-order valence-corrected chi connectivity index (χ2v) is 4.45. The molecule has 23 heavy (non-hydrogen) atoms. The first-order valence-electron chi connectivity index (χ1n) is 6.68. The molecule has 0 aliphatic rings. The fourth-order valence-electron chi connectivity index (χ4n) is 1.75. The van der Waals surface area contributed by atoms with Crippen LogP contribution in [-0.2, 0) is 4.79 Å². The summed E-state index contributed by atoms with van der Waals surface area (Å²) in [6.45, 7) is -0.288. The highest BCUT2D eigenvalue weighted by Crippen LogP contribution is 2.18. The molecule has 0 fully saturated rings. The molecular weight excluding hydrogens is 300 g/mol. The normalized spacial score (nSPS) is 9.74. The van der Waals surface area contributed by atoms with E-state index in [2.05, 4.69) is 0 Å². The van der Waals surface area contributed by atoms with E-state index in [4.69, 9.17) is 19.4 Å². The van der Waals surface area contributed by atoms with Gasteiger partial charge in [-0.2, -0.15) is 0 Å². The van der Waals surface area contributed by atoms with Crippen LogP contribution in [0, 0.1) is 0 Å². The predicted octanol–water partition coefficient (Wildman–Crippen LogP) is 3.28. The summed E-state index contributed by atoms with van der Waals surface area (Å²) in [6.07, 6.45) is 0. The van der Waals surface area contributed by atoms with E-state index in [1.165, 1.54) is 6.07 Å². The first kappa shape index (κ1) is 16.1. The number of carboxylic acid groups (broad SMARTS) is 2. The highest BCUT2D eigenvalue weighted by molar-refractivity contribution is 5.91. The molecule has 0 bridgehead atoms. The molecule has 2 N–H and O–H groups in total. The Hall–Kier alpha value is -3.28. The second kappa shape index (κ2) is 7.65. The van der Waals surface area contributed by atoms with Crippen molar-refractivity contribution < 1.29 is 29.0 Å². The van der Waals surface area contributed by atoms with Crippen LogP contribution in [0.1, 0.15) is 10.6 Å². The van der Waals surface area contributed by atoms with Crippen LogP contribution < -0.4 is 4.74 Å². The van der Waals surface area contributed by atoms with Gasteiger partial charge < -0.3 is 19.4 Å². The van der Waals surface area contributed by atoms with Gasteiger partial charge in [0.15, 0.2) is 6.61 Å². The summed E-state index contributed by atoms with van der Waals surface area (Å²) < 4.78 is 9.90. The summed E-state index contributed by atoms with van der Waals surface area (Å²) >= 11 is 0. The fraction of sp³-hybridized carbons (Fsp3) is 0.0588. The van der Waals surface area contributed by atoms with E-state index in [1.807, 2.05) is 18.2 Å². The Morgan fingerprint density at radius 2 is 1.61 bits per heavy atom. The minimum Gasteiger partial charge on any atom is -0.482 e. The second-order valence-electron chi connectivity index (χ2n) is 4.45. The van der Waals surface area contributed by atoms with E-state index in [1.54, 1.807) is 36.4 Å². The molecule has 0 atom stereocenters. The molecule has 0 saturated heterocycles. The van der Waals surface area contributed by atoms with Gasteiger partial charge in [-0.05, 0) is 24.3 Å². The first-order valence-corrected chi connectivity index (χ1v) is 6.68. The molecule has 3 rings (SSSR count). The van der Waals surface area contributed by atoms with Crippen molar-refractivity contribution in [3.63, 3.8) is 0 Å². The minimum atomic E-state index is -1.04. The van der Waals surface area contributed by atoms with Crippen LogP contribution in [-0.4, -0.2) is 28.8 Å². The number of ether oxygens (including phenoxy) is 1. The van der Waals surface area contributed by atoms with Crippen LogP contribution in [0.2, 0.25) is 0 Å². The van der Waals surface area contributed by atoms with Gasteiger partial charge in [-0.3, -0.25) is 0 Å². The van der Waals surface area contributed by atoms with Crippen molar-refractivity contribution in [2.24, 2.45) is 0 Å². The summed E-state index contributed by atoms with van der Waals surface area (Å²) in [5, 5.41) is 17.7. The van der Waals surface area contributed by atoms with Crippen LogP contribution in [0.25, 0.3) is 11.0 Å². The van der Waals surface area contributed by atoms with E-state index in [9.17, 15) is 9.59 Å². The standard InChI is InChI=1S/C9H6O3.C8H8O3/c10-9(11)8-5-6-3-1-2-4-7(6)12-8;9-8(10)6-11-7-4-2-1-3-5-7/h1-5H,(H,10,11);1-5H,6H2,(H,9,10). The highest BCUT2D eigenvalue weighted by Gasteiger charge is 2.08. The van der Waals surface area contributed by atoms with Gasteiger partial charge in [0, 0.05) is 5.39 Å². The van der Waals surface area contributed by atoms with Crippen LogP contribution >= 0.6 is 0 Å². The number of hydrogen-bond acceptors (Lipinski definition) is 4. The summed E-state index contributed by atoms with van der Waals surface area (Å²) in [5.41, 5.74) is 0.606. The molecule has 0 aliphatic heterocycles. The van der Waals surface area contributed by atoms with Crippen molar-refractivity contribution in [1.29, 1.82) is 0 Å². The average Bonchev–Trinajstić information content (AvgIpc) is 2.99. The molecule has 0 unspecified atom stereocenters. The number of aromatic carboxylic acids is 1. The van der Waals surface area contributed by atoms with E-state index in [-0.39, 0.29) is 12.4 Å². The number of rotatable bonds is 4. The quantitative estimate of drug-likeness (QED) is 0.767. The Bertz CT molecular complexity index is 758. The average molecular weight is 314 g/mol. The van der Waals surface area contributed by atoms with Crippen LogP contribution in [0.4, 0.5) is 0 Å². The smallest absolute Gasteiger partial charge is 0.371 e. The lowest BCUT2D eigenvalue weighted by molar-refractivity contribution is -0.139. The Balaban J connectivity index is 0.000000168. The van der Waals surface area contributed by atoms with Crippen molar-refractivity contribution in [2.45, 2.75) is 0 Å². The molecule has 0 amide bonds. The number of benzene rings is 2. The third-order valence-corrected chi connectivity index (χ3v) is 2.74. The predicted molar refractivity (Wildman–Crippen MR) is 82.7 cm³/mol. The zero-order valence-corrected chi connectivity index (χ0v) is 12.0. The molecule has 0 radical (unpaired) electrons. The lowest BCUT2D eigenvalue weighted by Crippen LogP contribution is -2.09. The van der Waals surface area contributed by atoms with Crippen molar-refractivity contribution in [2.75, 3.05) is 6.61 Å². The fourth-order valence-corrected chi connectivity index (χ4v) is 1.75. The van der Waals surface area contributed by atoms with E-state index in [0.717, 1.165) is 5.39 Å². The summed E-state index contributed by atoms with van der Waals surface area (Å²) in [6, 6.07) is 17.5. The van der Waals surface area contributed by atoms with Gasteiger partial charge in [-0.1, -0.05) is 36.4 Å². The molecule has 6 nitrogen and oxygen atoms in total. The number of para-hydroxylation sites is 2. The maximum absolute atomic E-state index is 10.5. The molecule has 2 aromatic carbocycles. The Labute approximate surface area is 131 Å². The van der Waals surface area contributed by atoms with Gasteiger partial charge in [-0.15, -0.1) is 0 Å². The number of carboxylic acids is 2. The third-order valence-electron chi connectivity index (χ3n) is 2.74. The maximum Gasteiger partial charge on any atom is 0.371 e. The van der Waals surface area contributed by atoms with Crippen molar-refractivity contribution in [3.05, 3.63) is 66.4 Å². The topological polar surface area (TPSA) is 97.0 Å². The van der Waals surface area contributed by atoms with Gasteiger partial charge in [-0.25, -0.2) is 9.59 Å². The van der Waals surface area contributed by atoms with Gasteiger partial charge in [0.2, 0.25) is 5.76 Å². The number of fused-ring (bicyclic) bond motifs is 1. The molecule has 1 heterocycles. The van der Waals surface area contributed by atoms with Gasteiger partial charge in [0.1, 0.15) is 11.3 Å². The third kappa shape index (κ3) is 4.89. The van der Waals surface area contributed by atoms with E-state index in [0.29, 0.717) is 11.3 Å². The lowest BCUT2D eigenvalue weighted by atomic mass is 10.2. The van der Waals surface area contributed by atoms with E-state index < -0.39 is 11.9 Å². The Morgan fingerprint density at radius 1 is 0.957 bits per heavy atom. The van der Waals surface area contributed by atoms with Crippen molar-refractivity contribution in [1.82, 2.24) is 0 Å². The van der Waals surface area contributed by atoms with Crippen LogP contribution in [0.5, 0.6) is 5.75 Å². The Kier molecular flexibility index (Phi) is 5.35. The lowest BCUT2D eigenvalue weighted by Gasteiger charge is -2.00. The maximum atomic E-state index is 10.5. The van der Waals surface area contributed by atoms with Crippen LogP contribution in [0.15, 0.2) is 65.1 Å². The SMILES string of the molecule is O=C(O)COc1ccccc1.O=C(O)c1cc2ccccc2o1. The molecule has 3 aromatic rings. The molecule has 0 saturated carbocycles. The molecular formula is C17H14O6. The zero-order chi connectivity index (χ0) is 16.7. The first-order chi connectivity index (χ1) is 11.1. The Morgan fingerprint density at radius 3 is 2.22 bits per heavy atom. The monoisotopic (exact) mass is 314 g/mol. The summed E-state index contributed by atoms with van der Waals surface area (Å²) in [5.74, 6) is -1.44. The largest absolute Gasteiger partial charge is 0.482 e. The highest BCUT2D eigenvalue weighted by atomic mass is 16.5. The summed E-state index contributed by atoms with van der Waals surface area (Å²) in [4.78, 5) is 20.5. The molecule has 6 heteroatoms. The minimum absolute atomic E-state index is 0.0174. The molecule has 0 aliphatic carbocycles. The molecule has 118 valence electrons. The molecule has 0 spiro atoms. The van der Waals surface area contributed by atoms with E-state index >= 15 is 0 Å². The number of carbonyl (C=O) groups is 2. The summed E-state index contributed by atoms with van der Waals surface area (Å²) in [7, 11) is 0. The number of furan rings is 1. The van der Waals surface area contributed by atoms with Crippen molar-refractivity contribution in [3.8, 4) is 5.75 Å². The number of aliphatic carboxylic acids is 1. The van der Waals surface area contributed by atoms with Gasteiger partial charge >= 0.3 is 11.9 Å². The zero-order valence-electron chi connectivity index (χ0n) is 12.0. The van der Waals surface area contributed by atoms with Crippen molar-refractivity contribution >= 4 is 22.9 Å². The van der Waals surface area contributed by atoms with Gasteiger partial charge in [0.25, 0.3) is 0 Å². The van der Waals surface area contributed by atoms with Gasteiger partial charge in [0.05, 0.1) is 0 Å². The van der Waals surface area contributed by atoms with Crippen LogP contribution in [0.3, 0.4) is 0 Å². The number of hydrogen-bond donors (Lipinski definition) is 2. The molecule has 1 aromatic heterocycles.